The van der Waals surface area contributed by atoms with Crippen LogP contribution in [0.15, 0.2) is 36.5 Å². The van der Waals surface area contributed by atoms with Crippen molar-refractivity contribution < 1.29 is 4.74 Å². The lowest BCUT2D eigenvalue weighted by Gasteiger charge is -2.31. The van der Waals surface area contributed by atoms with Crippen molar-refractivity contribution in [3.63, 3.8) is 0 Å². The van der Waals surface area contributed by atoms with Gasteiger partial charge in [0.05, 0.1) is 19.4 Å². The Morgan fingerprint density at radius 3 is 2.73 bits per heavy atom. The quantitative estimate of drug-likeness (QED) is 0.855. The lowest BCUT2D eigenvalue weighted by atomic mass is 10.1. The molecule has 5 nitrogen and oxygen atoms in total. The number of H-pyrrole nitrogens is 1. The summed E-state index contributed by atoms with van der Waals surface area (Å²) in [6.07, 6.45) is 1.90. The van der Waals surface area contributed by atoms with Gasteiger partial charge >= 0.3 is 0 Å². The summed E-state index contributed by atoms with van der Waals surface area (Å²) in [4.78, 5) is 2.47. The van der Waals surface area contributed by atoms with E-state index in [0.29, 0.717) is 6.04 Å². The van der Waals surface area contributed by atoms with Crippen molar-refractivity contribution in [2.75, 3.05) is 32.8 Å². The summed E-state index contributed by atoms with van der Waals surface area (Å²) >= 11 is 0. The highest BCUT2D eigenvalue weighted by Gasteiger charge is 2.18. The number of ether oxygens (including phenoxy) is 1. The molecule has 1 atom stereocenters. The molecule has 1 fully saturated rings. The number of hydrogen-bond acceptors (Lipinski definition) is 4. The first-order valence-electron chi connectivity index (χ1n) is 7.90. The molecule has 2 N–H and O–H groups in total. The number of aryl methyl sites for hydroxylation is 1. The van der Waals surface area contributed by atoms with Gasteiger partial charge < -0.3 is 10.1 Å². The molecule has 1 aliphatic rings. The number of nitrogens with zero attached hydrogens (tertiary/aromatic N) is 2. The Bertz CT molecular complexity index is 563. The van der Waals surface area contributed by atoms with Crippen molar-refractivity contribution in [3.05, 3.63) is 53.3 Å². The predicted octanol–water partition coefficient (Wildman–Crippen LogP) is 1.88. The Hall–Kier alpha value is -1.69. The summed E-state index contributed by atoms with van der Waals surface area (Å²) in [6.45, 7) is 7.58. The summed E-state index contributed by atoms with van der Waals surface area (Å²) in [7, 11) is 0. The van der Waals surface area contributed by atoms with Crippen LogP contribution in [-0.4, -0.2) is 47.9 Å². The fourth-order valence-corrected chi connectivity index (χ4v) is 2.80. The zero-order valence-corrected chi connectivity index (χ0v) is 13.1. The van der Waals surface area contributed by atoms with Crippen LogP contribution < -0.4 is 5.32 Å². The second-order valence-corrected chi connectivity index (χ2v) is 5.78. The van der Waals surface area contributed by atoms with E-state index in [2.05, 4.69) is 57.7 Å². The summed E-state index contributed by atoms with van der Waals surface area (Å²) in [6, 6.07) is 11.0. The van der Waals surface area contributed by atoms with Crippen molar-refractivity contribution in [2.45, 2.75) is 19.5 Å². The van der Waals surface area contributed by atoms with E-state index < -0.39 is 0 Å². The van der Waals surface area contributed by atoms with Crippen molar-refractivity contribution in [1.82, 2.24) is 20.4 Å². The average molecular weight is 300 g/mol. The first-order valence-corrected chi connectivity index (χ1v) is 7.90. The van der Waals surface area contributed by atoms with E-state index in [1.54, 1.807) is 0 Å². The molecule has 2 heterocycles. The van der Waals surface area contributed by atoms with Gasteiger partial charge in [0, 0.05) is 43.5 Å². The molecule has 1 aliphatic heterocycles. The van der Waals surface area contributed by atoms with E-state index in [9.17, 15) is 0 Å². The van der Waals surface area contributed by atoms with E-state index in [-0.39, 0.29) is 0 Å². The van der Waals surface area contributed by atoms with E-state index in [1.807, 2.05) is 6.20 Å². The van der Waals surface area contributed by atoms with Gasteiger partial charge in [0.15, 0.2) is 0 Å². The van der Waals surface area contributed by atoms with Crippen molar-refractivity contribution in [3.8, 4) is 0 Å². The maximum Gasteiger partial charge on any atom is 0.0594 e. The number of rotatable bonds is 6. The van der Waals surface area contributed by atoms with Crippen LogP contribution >= 0.6 is 0 Å². The minimum Gasteiger partial charge on any atom is -0.379 e. The van der Waals surface area contributed by atoms with Crippen LogP contribution in [0, 0.1) is 6.92 Å². The van der Waals surface area contributed by atoms with Gasteiger partial charge in [0.2, 0.25) is 0 Å². The van der Waals surface area contributed by atoms with Crippen molar-refractivity contribution in [1.29, 1.82) is 0 Å². The number of aromatic amines is 1. The van der Waals surface area contributed by atoms with Crippen molar-refractivity contribution >= 4 is 0 Å². The minimum absolute atomic E-state index is 0.314. The van der Waals surface area contributed by atoms with Gasteiger partial charge in [0.1, 0.15) is 0 Å². The summed E-state index contributed by atoms with van der Waals surface area (Å²) in [5.41, 5.74) is 3.68. The van der Waals surface area contributed by atoms with Gasteiger partial charge in [-0.25, -0.2) is 0 Å². The topological polar surface area (TPSA) is 53.2 Å². The number of nitrogens with one attached hydrogen (secondary N) is 2. The Kier molecular flexibility index (Phi) is 5.21. The zero-order chi connectivity index (χ0) is 15.2. The highest BCUT2D eigenvalue weighted by Crippen LogP contribution is 2.16. The molecule has 0 radical (unpaired) electrons. The first kappa shape index (κ1) is 15.2. The van der Waals surface area contributed by atoms with Crippen molar-refractivity contribution in [2.24, 2.45) is 0 Å². The molecule has 118 valence electrons. The molecule has 0 bridgehead atoms. The number of hydrogen-bond donors (Lipinski definition) is 2. The molecule has 1 aromatic heterocycles. The SMILES string of the molecule is Cc1[nH]ncc1CN[C@H](CN1CCOCC1)c1ccccc1. The highest BCUT2D eigenvalue weighted by molar-refractivity contribution is 5.20. The first-order chi connectivity index (χ1) is 10.8. The molecule has 0 amide bonds. The van der Waals surface area contributed by atoms with Crippen LogP contribution in [0.2, 0.25) is 0 Å². The predicted molar refractivity (Wildman–Crippen MR) is 86.6 cm³/mol. The van der Waals surface area contributed by atoms with E-state index in [0.717, 1.165) is 45.1 Å². The second-order valence-electron chi connectivity index (χ2n) is 5.78. The van der Waals surface area contributed by atoms with Crippen LogP contribution in [0.4, 0.5) is 0 Å². The Labute approximate surface area is 131 Å². The summed E-state index contributed by atoms with van der Waals surface area (Å²) < 4.78 is 5.45. The minimum atomic E-state index is 0.314. The fourth-order valence-electron chi connectivity index (χ4n) is 2.80. The summed E-state index contributed by atoms with van der Waals surface area (Å²) in [5.74, 6) is 0. The second kappa shape index (κ2) is 7.54. The molecule has 5 heteroatoms. The number of benzene rings is 1. The third-order valence-electron chi connectivity index (χ3n) is 4.22. The zero-order valence-electron chi connectivity index (χ0n) is 13.1. The van der Waals surface area contributed by atoms with Crippen LogP contribution in [0.5, 0.6) is 0 Å². The van der Waals surface area contributed by atoms with Crippen LogP contribution in [-0.2, 0) is 11.3 Å². The summed E-state index contributed by atoms with van der Waals surface area (Å²) in [5, 5.41) is 10.8. The molecule has 0 unspecified atom stereocenters. The smallest absolute Gasteiger partial charge is 0.0594 e. The van der Waals surface area contributed by atoms with Gasteiger partial charge in [-0.15, -0.1) is 0 Å². The van der Waals surface area contributed by atoms with E-state index in [1.165, 1.54) is 11.1 Å². The lowest BCUT2D eigenvalue weighted by molar-refractivity contribution is 0.0333. The monoisotopic (exact) mass is 300 g/mol. The normalized spacial score (nSPS) is 17.5. The average Bonchev–Trinajstić information content (AvgIpc) is 2.98. The highest BCUT2D eigenvalue weighted by atomic mass is 16.5. The van der Waals surface area contributed by atoms with Gasteiger partial charge in [-0.1, -0.05) is 30.3 Å². The molecular formula is C17H24N4O. The largest absolute Gasteiger partial charge is 0.379 e. The Morgan fingerprint density at radius 2 is 2.05 bits per heavy atom. The van der Waals surface area contributed by atoms with Crippen LogP contribution in [0.25, 0.3) is 0 Å². The standard InChI is InChI=1S/C17H24N4O/c1-14-16(12-19-20-14)11-18-17(15-5-3-2-4-6-15)13-21-7-9-22-10-8-21/h2-6,12,17-18H,7-11,13H2,1H3,(H,19,20)/t17-/m1/s1. The molecule has 1 aromatic carbocycles. The Balaban J connectivity index is 1.67. The molecular weight excluding hydrogens is 276 g/mol. The number of aromatic nitrogens is 2. The third-order valence-corrected chi connectivity index (χ3v) is 4.22. The van der Waals surface area contributed by atoms with Gasteiger partial charge in [0.25, 0.3) is 0 Å². The van der Waals surface area contributed by atoms with Gasteiger partial charge in [-0.2, -0.15) is 5.10 Å². The maximum absolute atomic E-state index is 5.45. The molecule has 1 saturated heterocycles. The van der Waals surface area contributed by atoms with E-state index in [4.69, 9.17) is 4.74 Å². The molecule has 0 aliphatic carbocycles. The fraction of sp³-hybridized carbons (Fsp3) is 0.471. The third kappa shape index (κ3) is 3.94. The lowest BCUT2D eigenvalue weighted by Crippen LogP contribution is -2.41. The Morgan fingerprint density at radius 1 is 1.27 bits per heavy atom. The molecule has 3 rings (SSSR count). The number of morpholine rings is 1. The van der Waals surface area contributed by atoms with E-state index >= 15 is 0 Å². The van der Waals surface area contributed by atoms with Crippen LogP contribution in [0.1, 0.15) is 22.9 Å². The maximum atomic E-state index is 5.45. The molecule has 2 aromatic rings. The molecule has 0 saturated carbocycles. The van der Waals surface area contributed by atoms with Gasteiger partial charge in [-0.05, 0) is 12.5 Å². The van der Waals surface area contributed by atoms with Gasteiger partial charge in [-0.3, -0.25) is 10.00 Å². The molecule has 0 spiro atoms. The van der Waals surface area contributed by atoms with Crippen LogP contribution in [0.3, 0.4) is 0 Å². The molecule has 22 heavy (non-hydrogen) atoms.